The van der Waals surface area contributed by atoms with Gasteiger partial charge in [0.05, 0.1) is 0 Å². The van der Waals surface area contributed by atoms with E-state index in [9.17, 15) is 4.79 Å². The van der Waals surface area contributed by atoms with Crippen LogP contribution in [0.3, 0.4) is 0 Å². The minimum Gasteiger partial charge on any atom is -0.370 e. The molecule has 4 N–H and O–H groups in total. The number of aliphatic imine (C=N–C) groups is 1. The van der Waals surface area contributed by atoms with Gasteiger partial charge in [-0.1, -0.05) is 18.2 Å². The van der Waals surface area contributed by atoms with Crippen LogP contribution in [0.4, 0.5) is 5.69 Å². The lowest BCUT2D eigenvalue weighted by Crippen LogP contribution is -2.23. The zero-order valence-electron chi connectivity index (χ0n) is 14.4. The van der Waals surface area contributed by atoms with Crippen LogP contribution < -0.4 is 16.4 Å². The summed E-state index contributed by atoms with van der Waals surface area (Å²) in [5.41, 5.74) is 11.0. The van der Waals surface area contributed by atoms with Crippen LogP contribution in [-0.4, -0.2) is 25.5 Å². The highest BCUT2D eigenvalue weighted by Gasteiger charge is 2.03. The van der Waals surface area contributed by atoms with Crippen molar-refractivity contribution in [2.75, 3.05) is 18.9 Å². The molecule has 0 heterocycles. The fourth-order valence-corrected chi connectivity index (χ4v) is 2.32. The van der Waals surface area contributed by atoms with Crippen LogP contribution in [0.5, 0.6) is 0 Å². The molecule has 2 aromatic rings. The van der Waals surface area contributed by atoms with Gasteiger partial charge in [0.15, 0.2) is 5.96 Å². The average Bonchev–Trinajstić information content (AvgIpc) is 2.57. The van der Waals surface area contributed by atoms with Gasteiger partial charge >= 0.3 is 0 Å². The highest BCUT2D eigenvalue weighted by Crippen LogP contribution is 2.13. The molecule has 126 valence electrons. The lowest BCUT2D eigenvalue weighted by atomic mass is 10.1. The van der Waals surface area contributed by atoms with Crippen molar-refractivity contribution in [1.29, 1.82) is 0 Å². The van der Waals surface area contributed by atoms with Crippen LogP contribution >= 0.6 is 0 Å². The largest absolute Gasteiger partial charge is 0.370 e. The SMILES string of the molecule is CNC(=O)c1cccc(CCN=C(N)Nc2ccc(C)c(C)c2)c1. The van der Waals surface area contributed by atoms with Crippen molar-refractivity contribution in [2.24, 2.45) is 10.7 Å². The molecule has 0 atom stereocenters. The number of anilines is 1. The first-order valence-electron chi connectivity index (χ1n) is 7.95. The first kappa shape index (κ1) is 17.5. The van der Waals surface area contributed by atoms with Crippen LogP contribution in [-0.2, 0) is 6.42 Å². The van der Waals surface area contributed by atoms with Crippen molar-refractivity contribution in [1.82, 2.24) is 5.32 Å². The molecular formula is C19H24N4O. The van der Waals surface area contributed by atoms with Crippen molar-refractivity contribution >= 4 is 17.6 Å². The fourth-order valence-electron chi connectivity index (χ4n) is 2.32. The van der Waals surface area contributed by atoms with Crippen molar-refractivity contribution < 1.29 is 4.79 Å². The Labute approximate surface area is 143 Å². The molecule has 0 fully saturated rings. The average molecular weight is 324 g/mol. The Kier molecular flexibility index (Phi) is 5.95. The summed E-state index contributed by atoms with van der Waals surface area (Å²) in [6.45, 7) is 4.69. The van der Waals surface area contributed by atoms with Gasteiger partial charge in [0.25, 0.3) is 5.91 Å². The molecule has 1 amide bonds. The number of hydrogen-bond acceptors (Lipinski definition) is 2. The quantitative estimate of drug-likeness (QED) is 0.584. The molecular weight excluding hydrogens is 300 g/mol. The number of nitrogens with two attached hydrogens (primary N) is 1. The van der Waals surface area contributed by atoms with E-state index in [0.717, 1.165) is 17.7 Å². The van der Waals surface area contributed by atoms with E-state index in [1.54, 1.807) is 13.1 Å². The molecule has 0 spiro atoms. The summed E-state index contributed by atoms with van der Waals surface area (Å²) in [7, 11) is 1.62. The third kappa shape index (κ3) is 4.84. The first-order chi connectivity index (χ1) is 11.5. The van der Waals surface area contributed by atoms with Crippen molar-refractivity contribution in [2.45, 2.75) is 20.3 Å². The number of carbonyl (C=O) groups is 1. The molecule has 0 aliphatic heterocycles. The highest BCUT2D eigenvalue weighted by atomic mass is 16.1. The Morgan fingerprint density at radius 2 is 1.92 bits per heavy atom. The number of nitrogens with one attached hydrogen (secondary N) is 2. The van der Waals surface area contributed by atoms with E-state index in [1.165, 1.54) is 11.1 Å². The number of guanidine groups is 1. The summed E-state index contributed by atoms with van der Waals surface area (Å²) in [5, 5.41) is 5.72. The van der Waals surface area contributed by atoms with Crippen molar-refractivity contribution in [3.8, 4) is 0 Å². The Hall–Kier alpha value is -2.82. The number of benzene rings is 2. The van der Waals surface area contributed by atoms with E-state index in [2.05, 4.69) is 35.5 Å². The molecule has 0 aromatic heterocycles. The molecule has 0 radical (unpaired) electrons. The van der Waals surface area contributed by atoms with Crippen LogP contribution in [0, 0.1) is 13.8 Å². The van der Waals surface area contributed by atoms with Gasteiger partial charge in [0.1, 0.15) is 0 Å². The molecule has 2 aromatic carbocycles. The summed E-state index contributed by atoms with van der Waals surface area (Å²) >= 11 is 0. The first-order valence-corrected chi connectivity index (χ1v) is 7.95. The number of amides is 1. The predicted molar refractivity (Wildman–Crippen MR) is 99.6 cm³/mol. The van der Waals surface area contributed by atoms with E-state index >= 15 is 0 Å². The Bertz CT molecular complexity index is 753. The highest BCUT2D eigenvalue weighted by molar-refractivity contribution is 5.94. The Morgan fingerprint density at radius 3 is 2.62 bits per heavy atom. The molecule has 0 unspecified atom stereocenters. The normalized spacial score (nSPS) is 11.2. The maximum atomic E-state index is 11.6. The Morgan fingerprint density at radius 1 is 1.12 bits per heavy atom. The van der Waals surface area contributed by atoms with Crippen molar-refractivity contribution in [3.05, 3.63) is 64.7 Å². The molecule has 0 aliphatic rings. The summed E-state index contributed by atoms with van der Waals surface area (Å²) in [6.07, 6.45) is 0.722. The maximum absolute atomic E-state index is 11.6. The number of hydrogen-bond donors (Lipinski definition) is 3. The van der Waals surface area contributed by atoms with Crippen LogP contribution in [0.15, 0.2) is 47.5 Å². The summed E-state index contributed by atoms with van der Waals surface area (Å²) in [4.78, 5) is 16.0. The molecule has 0 aliphatic carbocycles. The monoisotopic (exact) mass is 324 g/mol. The van der Waals surface area contributed by atoms with Crippen LogP contribution in [0.1, 0.15) is 27.0 Å². The molecule has 5 heteroatoms. The zero-order valence-corrected chi connectivity index (χ0v) is 14.4. The van der Waals surface area contributed by atoms with Gasteiger partial charge in [0.2, 0.25) is 0 Å². The third-order valence-corrected chi connectivity index (χ3v) is 3.88. The van der Waals surface area contributed by atoms with E-state index in [0.29, 0.717) is 18.1 Å². The molecule has 0 saturated heterocycles. The number of nitrogens with zero attached hydrogens (tertiary/aromatic N) is 1. The van der Waals surface area contributed by atoms with Gasteiger partial charge in [-0.2, -0.15) is 0 Å². The maximum Gasteiger partial charge on any atom is 0.251 e. The molecule has 24 heavy (non-hydrogen) atoms. The van der Waals surface area contributed by atoms with Crippen molar-refractivity contribution in [3.63, 3.8) is 0 Å². The van der Waals surface area contributed by atoms with Gasteiger partial charge in [-0.3, -0.25) is 9.79 Å². The zero-order chi connectivity index (χ0) is 17.5. The van der Waals surface area contributed by atoms with Crippen LogP contribution in [0.2, 0.25) is 0 Å². The van der Waals surface area contributed by atoms with Gasteiger partial charge in [-0.25, -0.2) is 0 Å². The van der Waals surface area contributed by atoms with E-state index in [-0.39, 0.29) is 5.91 Å². The lowest BCUT2D eigenvalue weighted by molar-refractivity contribution is 0.0963. The fraction of sp³-hybridized carbons (Fsp3) is 0.263. The molecule has 2 rings (SSSR count). The number of carbonyl (C=O) groups excluding carboxylic acids is 1. The minimum atomic E-state index is -0.0868. The number of aryl methyl sites for hydroxylation is 2. The van der Waals surface area contributed by atoms with E-state index < -0.39 is 0 Å². The van der Waals surface area contributed by atoms with Gasteiger partial charge in [-0.05, 0) is 61.2 Å². The summed E-state index contributed by atoms with van der Waals surface area (Å²) in [5.74, 6) is 0.303. The van der Waals surface area contributed by atoms with E-state index in [1.807, 2.05) is 30.3 Å². The number of rotatable bonds is 5. The molecule has 0 bridgehead atoms. The molecule has 5 nitrogen and oxygen atoms in total. The van der Waals surface area contributed by atoms with Gasteiger partial charge < -0.3 is 16.4 Å². The predicted octanol–water partition coefficient (Wildman–Crippen LogP) is 2.63. The van der Waals surface area contributed by atoms with E-state index in [4.69, 9.17) is 5.73 Å². The summed E-state index contributed by atoms with van der Waals surface area (Å²) < 4.78 is 0. The second kappa shape index (κ2) is 8.15. The Balaban J connectivity index is 1.93. The van der Waals surface area contributed by atoms with Gasteiger partial charge in [-0.15, -0.1) is 0 Å². The second-order valence-electron chi connectivity index (χ2n) is 5.72. The third-order valence-electron chi connectivity index (χ3n) is 3.88. The van der Waals surface area contributed by atoms with Gasteiger partial charge in [0, 0.05) is 24.8 Å². The molecule has 0 saturated carbocycles. The summed E-state index contributed by atoms with van der Waals surface area (Å²) in [6, 6.07) is 13.6. The smallest absolute Gasteiger partial charge is 0.251 e. The second-order valence-corrected chi connectivity index (χ2v) is 5.72. The minimum absolute atomic E-state index is 0.0868. The van der Waals surface area contributed by atoms with Crippen LogP contribution in [0.25, 0.3) is 0 Å². The lowest BCUT2D eigenvalue weighted by Gasteiger charge is -2.08. The standard InChI is InChI=1S/C19H24N4O/c1-13-7-8-17(11-14(13)2)23-19(20)22-10-9-15-5-4-6-16(12-15)18(24)21-3/h4-8,11-12H,9-10H2,1-3H3,(H,21,24)(H3,20,22,23). The topological polar surface area (TPSA) is 79.5 Å².